The van der Waals surface area contributed by atoms with Gasteiger partial charge < -0.3 is 14.5 Å². The first-order valence-electron chi connectivity index (χ1n) is 9.52. The number of hydrogen-bond donors (Lipinski definition) is 0. The van der Waals surface area contributed by atoms with E-state index in [0.29, 0.717) is 23.9 Å². The van der Waals surface area contributed by atoms with Crippen LogP contribution in [0.5, 0.6) is 0 Å². The molecule has 1 aromatic carbocycles. The summed E-state index contributed by atoms with van der Waals surface area (Å²) in [4.78, 5) is 17.6. The van der Waals surface area contributed by atoms with Gasteiger partial charge in [0.15, 0.2) is 5.69 Å². The van der Waals surface area contributed by atoms with Gasteiger partial charge in [0.2, 0.25) is 0 Å². The number of hydrogen-bond acceptors (Lipinski definition) is 4. The van der Waals surface area contributed by atoms with Crippen LogP contribution in [0, 0.1) is 0 Å². The highest BCUT2D eigenvalue weighted by molar-refractivity contribution is 6.33. The average molecular weight is 389 g/mol. The molecule has 0 bridgehead atoms. The molecule has 1 aromatic heterocycles. The molecule has 2 aliphatic rings. The maximum absolute atomic E-state index is 13.3. The third-order valence-electron chi connectivity index (χ3n) is 5.38. The van der Waals surface area contributed by atoms with Crippen molar-refractivity contribution in [1.29, 1.82) is 0 Å². The summed E-state index contributed by atoms with van der Waals surface area (Å²) < 4.78 is 7.74. The van der Waals surface area contributed by atoms with Crippen LogP contribution in [0.3, 0.4) is 0 Å². The Labute approximate surface area is 164 Å². The number of morpholine rings is 1. The minimum atomic E-state index is -0.147. The van der Waals surface area contributed by atoms with E-state index < -0.39 is 0 Å². The molecule has 0 radical (unpaired) electrons. The summed E-state index contributed by atoms with van der Waals surface area (Å²) in [6.45, 7) is 4.09. The number of rotatable bonds is 4. The van der Waals surface area contributed by atoms with E-state index in [2.05, 4.69) is 22.1 Å². The van der Waals surface area contributed by atoms with Gasteiger partial charge in [0.05, 0.1) is 23.8 Å². The van der Waals surface area contributed by atoms with Crippen LogP contribution in [-0.4, -0.2) is 64.4 Å². The normalized spacial score (nSPS) is 23.7. The molecule has 144 valence electrons. The highest BCUT2D eigenvalue weighted by Crippen LogP contribution is 2.32. The Bertz CT molecular complexity index is 789. The van der Waals surface area contributed by atoms with Gasteiger partial charge in [-0.25, -0.2) is 0 Å². The van der Waals surface area contributed by atoms with Gasteiger partial charge in [-0.3, -0.25) is 9.48 Å². The third kappa shape index (κ3) is 3.88. The quantitative estimate of drug-likeness (QED) is 0.808. The van der Waals surface area contributed by atoms with E-state index in [9.17, 15) is 4.79 Å². The monoisotopic (exact) mass is 388 g/mol. The zero-order valence-electron chi connectivity index (χ0n) is 15.6. The van der Waals surface area contributed by atoms with Crippen molar-refractivity contribution in [3.05, 3.63) is 52.8 Å². The van der Waals surface area contributed by atoms with Crippen molar-refractivity contribution < 1.29 is 9.53 Å². The van der Waals surface area contributed by atoms with E-state index >= 15 is 0 Å². The molecule has 0 saturated carbocycles. The lowest BCUT2D eigenvalue weighted by molar-refractivity contribution is -0.0708. The molecule has 3 heterocycles. The molecule has 27 heavy (non-hydrogen) atoms. The smallest absolute Gasteiger partial charge is 0.276 e. The van der Waals surface area contributed by atoms with Gasteiger partial charge in [-0.05, 0) is 31.5 Å². The van der Waals surface area contributed by atoms with Crippen LogP contribution in [0.15, 0.2) is 36.5 Å². The number of aromatic nitrogens is 2. The van der Waals surface area contributed by atoms with Gasteiger partial charge in [0.25, 0.3) is 5.91 Å². The van der Waals surface area contributed by atoms with E-state index in [1.807, 2.05) is 23.1 Å². The Morgan fingerprint density at radius 3 is 2.63 bits per heavy atom. The Morgan fingerprint density at radius 2 is 1.96 bits per heavy atom. The molecule has 2 aliphatic heterocycles. The minimum absolute atomic E-state index is 0.0642. The molecule has 0 unspecified atom stereocenters. The molecule has 2 fully saturated rings. The van der Waals surface area contributed by atoms with Crippen molar-refractivity contribution in [3.8, 4) is 0 Å². The van der Waals surface area contributed by atoms with Crippen LogP contribution in [0.4, 0.5) is 0 Å². The fraction of sp³-hybridized carbons (Fsp3) is 0.500. The van der Waals surface area contributed by atoms with E-state index in [1.165, 1.54) is 12.8 Å². The predicted octanol–water partition coefficient (Wildman–Crippen LogP) is 2.75. The van der Waals surface area contributed by atoms with Crippen LogP contribution in [0.25, 0.3) is 0 Å². The number of carbonyl (C=O) groups excluding carboxylic acids is 1. The summed E-state index contributed by atoms with van der Waals surface area (Å²) >= 11 is 6.26. The highest BCUT2D eigenvalue weighted by Gasteiger charge is 2.39. The summed E-state index contributed by atoms with van der Waals surface area (Å²) in [5.74, 6) is -0.135. The molecule has 1 amide bonds. The fourth-order valence-electron chi connectivity index (χ4n) is 4.12. The molecule has 0 N–H and O–H groups in total. The van der Waals surface area contributed by atoms with Gasteiger partial charge in [-0.15, -0.1) is 0 Å². The van der Waals surface area contributed by atoms with Crippen LogP contribution >= 0.6 is 11.6 Å². The third-order valence-corrected chi connectivity index (χ3v) is 5.65. The molecule has 4 rings (SSSR count). The predicted molar refractivity (Wildman–Crippen MR) is 104 cm³/mol. The van der Waals surface area contributed by atoms with Gasteiger partial charge in [-0.2, -0.15) is 5.10 Å². The summed E-state index contributed by atoms with van der Waals surface area (Å²) in [7, 11) is 1.77. The van der Waals surface area contributed by atoms with Crippen molar-refractivity contribution in [2.45, 2.75) is 25.0 Å². The van der Waals surface area contributed by atoms with Gasteiger partial charge in [-0.1, -0.05) is 41.9 Å². The molecule has 0 aliphatic carbocycles. The lowest BCUT2D eigenvalue weighted by Crippen LogP contribution is -2.51. The average Bonchev–Trinajstić information content (AvgIpc) is 3.30. The second-order valence-electron chi connectivity index (χ2n) is 7.27. The number of aryl methyl sites for hydroxylation is 1. The number of ether oxygens (including phenoxy) is 1. The lowest BCUT2D eigenvalue weighted by Gasteiger charge is -2.42. The van der Waals surface area contributed by atoms with Crippen molar-refractivity contribution >= 4 is 17.5 Å². The summed E-state index contributed by atoms with van der Waals surface area (Å²) in [5, 5.41) is 4.67. The first-order chi connectivity index (χ1) is 13.1. The number of carbonyl (C=O) groups is 1. The maximum Gasteiger partial charge on any atom is 0.276 e. The molecule has 6 nitrogen and oxygen atoms in total. The van der Waals surface area contributed by atoms with Crippen molar-refractivity contribution in [2.24, 2.45) is 7.05 Å². The van der Waals surface area contributed by atoms with Crippen molar-refractivity contribution in [1.82, 2.24) is 19.6 Å². The van der Waals surface area contributed by atoms with Crippen LogP contribution in [0.1, 0.15) is 34.9 Å². The Balaban J connectivity index is 1.65. The number of halogens is 1. The Morgan fingerprint density at radius 1 is 1.22 bits per heavy atom. The first-order valence-corrected chi connectivity index (χ1v) is 9.90. The van der Waals surface area contributed by atoms with Crippen LogP contribution < -0.4 is 0 Å². The Kier molecular flexibility index (Phi) is 5.48. The van der Waals surface area contributed by atoms with Gasteiger partial charge >= 0.3 is 0 Å². The van der Waals surface area contributed by atoms with E-state index in [0.717, 1.165) is 25.2 Å². The lowest BCUT2D eigenvalue weighted by atomic mass is 9.97. The first kappa shape index (κ1) is 18.5. The molecular weight excluding hydrogens is 364 g/mol. The van der Waals surface area contributed by atoms with E-state index in [-0.39, 0.29) is 18.1 Å². The van der Waals surface area contributed by atoms with Crippen molar-refractivity contribution in [2.75, 3.05) is 32.8 Å². The number of nitrogens with zero attached hydrogens (tertiary/aromatic N) is 4. The number of likely N-dealkylation sites (tertiary alicyclic amines) is 1. The topological polar surface area (TPSA) is 50.6 Å². The van der Waals surface area contributed by atoms with E-state index in [4.69, 9.17) is 16.3 Å². The molecule has 2 aromatic rings. The summed E-state index contributed by atoms with van der Waals surface area (Å²) in [5.41, 5.74) is 1.39. The Hall–Kier alpha value is -1.89. The summed E-state index contributed by atoms with van der Waals surface area (Å²) in [6, 6.07) is 9.99. The molecule has 7 heteroatoms. The van der Waals surface area contributed by atoms with Crippen molar-refractivity contribution in [3.63, 3.8) is 0 Å². The van der Waals surface area contributed by atoms with Gasteiger partial charge in [0, 0.05) is 26.3 Å². The largest absolute Gasteiger partial charge is 0.373 e. The zero-order chi connectivity index (χ0) is 18.8. The zero-order valence-corrected chi connectivity index (χ0v) is 16.3. The molecule has 2 atom stereocenters. The molecule has 2 saturated heterocycles. The standard InChI is InChI=1S/C20H25ClN4O2/c1-23-13-16(21)18(22-23)20(26)25-11-12-27-17(14-24-9-5-6-10-24)19(25)15-7-3-2-4-8-15/h2-4,7-8,13,17,19H,5-6,9-12,14H2,1H3/t17-,19-/m0/s1. The summed E-state index contributed by atoms with van der Waals surface area (Å²) in [6.07, 6.45) is 4.06. The molecular formula is C20H25ClN4O2. The number of amides is 1. The van der Waals surface area contributed by atoms with Gasteiger partial charge in [0.1, 0.15) is 0 Å². The molecule has 0 spiro atoms. The van der Waals surface area contributed by atoms with Crippen LogP contribution in [0.2, 0.25) is 5.02 Å². The maximum atomic E-state index is 13.3. The fourth-order valence-corrected chi connectivity index (χ4v) is 4.38. The number of benzene rings is 1. The second kappa shape index (κ2) is 8.00. The highest BCUT2D eigenvalue weighted by atomic mass is 35.5. The second-order valence-corrected chi connectivity index (χ2v) is 7.68. The SMILES string of the molecule is Cn1cc(Cl)c(C(=O)N2CCO[C@@H](CN3CCCC3)[C@@H]2c2ccccc2)n1. The van der Waals surface area contributed by atoms with Crippen LogP contribution in [-0.2, 0) is 11.8 Å². The minimum Gasteiger partial charge on any atom is -0.373 e. The van der Waals surface area contributed by atoms with E-state index in [1.54, 1.807) is 17.9 Å².